The number of amides is 1. The topological polar surface area (TPSA) is 85.8 Å². The molecule has 0 radical (unpaired) electrons. The Morgan fingerprint density at radius 2 is 2.04 bits per heavy atom. The van der Waals surface area contributed by atoms with E-state index in [1.165, 1.54) is 0 Å². The number of nitrogens with zero attached hydrogens (tertiary/aromatic N) is 4. The Kier molecular flexibility index (Phi) is 4.68. The first-order chi connectivity index (χ1) is 13.0. The van der Waals surface area contributed by atoms with Gasteiger partial charge in [-0.1, -0.05) is 17.3 Å². The molecule has 1 aliphatic rings. The molecule has 0 saturated heterocycles. The molecule has 1 aromatic carbocycles. The smallest absolute Gasteiger partial charge is 0.230 e. The predicted octanol–water partition coefficient (Wildman–Crippen LogP) is 3.83. The Hall–Kier alpha value is -2.70. The first kappa shape index (κ1) is 17.7. The van der Waals surface area contributed by atoms with Crippen molar-refractivity contribution in [3.8, 4) is 11.4 Å². The Balaban J connectivity index is 1.52. The van der Waals surface area contributed by atoms with Gasteiger partial charge in [-0.15, -0.1) is 0 Å². The van der Waals surface area contributed by atoms with Gasteiger partial charge in [-0.3, -0.25) is 9.48 Å². The number of rotatable bonds is 4. The number of aromatic nitrogens is 4. The van der Waals surface area contributed by atoms with E-state index >= 15 is 0 Å². The van der Waals surface area contributed by atoms with Gasteiger partial charge in [0.15, 0.2) is 0 Å². The van der Waals surface area contributed by atoms with Crippen LogP contribution in [0.1, 0.15) is 64.3 Å². The van der Waals surface area contributed by atoms with Gasteiger partial charge >= 0.3 is 0 Å². The summed E-state index contributed by atoms with van der Waals surface area (Å²) in [4.78, 5) is 15.9. The van der Waals surface area contributed by atoms with Crippen LogP contribution < -0.4 is 5.32 Å². The highest BCUT2D eigenvalue weighted by Gasteiger charge is 2.27. The largest absolute Gasteiger partial charge is 0.354 e. The fourth-order valence-corrected chi connectivity index (χ4v) is 3.88. The van der Waals surface area contributed by atoms with Crippen LogP contribution in [0.25, 0.3) is 22.3 Å². The van der Waals surface area contributed by atoms with Gasteiger partial charge in [0.2, 0.25) is 17.6 Å². The predicted molar refractivity (Wildman–Crippen MR) is 102 cm³/mol. The van der Waals surface area contributed by atoms with Crippen LogP contribution in [0.2, 0.25) is 0 Å². The molecule has 3 aromatic rings. The van der Waals surface area contributed by atoms with E-state index in [4.69, 9.17) is 4.52 Å². The van der Waals surface area contributed by atoms with Crippen LogP contribution in [0.15, 0.2) is 28.9 Å². The first-order valence-corrected chi connectivity index (χ1v) is 9.59. The third-order valence-corrected chi connectivity index (χ3v) is 5.27. The van der Waals surface area contributed by atoms with Crippen molar-refractivity contribution in [3.05, 3.63) is 30.3 Å². The number of nitrogens with one attached hydrogen (secondary N) is 1. The maximum absolute atomic E-state index is 11.2. The number of benzene rings is 1. The van der Waals surface area contributed by atoms with Crippen molar-refractivity contribution in [2.75, 3.05) is 0 Å². The molecule has 7 heteroatoms. The van der Waals surface area contributed by atoms with Gasteiger partial charge < -0.3 is 9.84 Å². The molecule has 1 N–H and O–H groups in total. The molecule has 2 aromatic heterocycles. The minimum Gasteiger partial charge on any atom is -0.354 e. The zero-order chi connectivity index (χ0) is 19.0. The molecule has 2 heterocycles. The number of carbonyl (C=O) groups excluding carboxylic acids is 1. The molecule has 7 nitrogen and oxygen atoms in total. The average molecular weight is 367 g/mol. The number of fused-ring (bicyclic) bond motifs is 1. The number of carbonyl (C=O) groups is 1. The minimum atomic E-state index is 0.0366. The van der Waals surface area contributed by atoms with Gasteiger partial charge in [0.25, 0.3) is 0 Å². The van der Waals surface area contributed by atoms with Crippen LogP contribution in [0.3, 0.4) is 0 Å². The van der Waals surface area contributed by atoms with Crippen molar-refractivity contribution in [1.82, 2.24) is 25.2 Å². The monoisotopic (exact) mass is 367 g/mol. The average Bonchev–Trinajstić information content (AvgIpc) is 3.28. The van der Waals surface area contributed by atoms with E-state index in [1.807, 2.05) is 23.0 Å². The fraction of sp³-hybridized carbons (Fsp3) is 0.500. The van der Waals surface area contributed by atoms with Gasteiger partial charge in [0.05, 0.1) is 11.7 Å². The fourth-order valence-electron chi connectivity index (χ4n) is 3.88. The van der Waals surface area contributed by atoms with Crippen molar-refractivity contribution < 1.29 is 9.32 Å². The molecular formula is C20H25N5O2. The molecule has 0 unspecified atom stereocenters. The van der Waals surface area contributed by atoms with Crippen LogP contribution in [-0.2, 0) is 4.79 Å². The molecule has 27 heavy (non-hydrogen) atoms. The molecule has 0 aliphatic heterocycles. The lowest BCUT2D eigenvalue weighted by atomic mass is 9.86. The lowest BCUT2D eigenvalue weighted by Crippen LogP contribution is -2.35. The molecule has 1 saturated carbocycles. The summed E-state index contributed by atoms with van der Waals surface area (Å²) in [5, 5.41) is 12.8. The van der Waals surface area contributed by atoms with Gasteiger partial charge in [-0.2, -0.15) is 10.1 Å². The van der Waals surface area contributed by atoms with Gasteiger partial charge in [0, 0.05) is 35.9 Å². The van der Waals surface area contributed by atoms with Gasteiger partial charge in [-0.05, 0) is 45.6 Å². The van der Waals surface area contributed by atoms with E-state index in [0.717, 1.165) is 42.1 Å². The standard InChI is InChI=1S/C20H25N5O2/c1-12(2)25-18-10-15(4-5-16(18)11-21-25)19-23-20(27-24-19)14-6-8-17(9-7-14)22-13(3)26/h4-5,10-12,14,17H,6-9H2,1-3H3,(H,22,26)/t14-,17-. The van der Waals surface area contributed by atoms with Crippen molar-refractivity contribution in [2.24, 2.45) is 0 Å². The van der Waals surface area contributed by atoms with E-state index in [9.17, 15) is 4.79 Å². The third-order valence-electron chi connectivity index (χ3n) is 5.27. The van der Waals surface area contributed by atoms with Crippen molar-refractivity contribution in [3.63, 3.8) is 0 Å². The van der Waals surface area contributed by atoms with Crippen LogP contribution in [0.5, 0.6) is 0 Å². The lowest BCUT2D eigenvalue weighted by Gasteiger charge is -2.26. The molecule has 0 atom stereocenters. The number of hydrogen-bond acceptors (Lipinski definition) is 5. The van der Waals surface area contributed by atoms with E-state index in [2.05, 4.69) is 40.5 Å². The summed E-state index contributed by atoms with van der Waals surface area (Å²) in [5.74, 6) is 1.62. The van der Waals surface area contributed by atoms with E-state index in [-0.39, 0.29) is 23.9 Å². The zero-order valence-electron chi connectivity index (χ0n) is 16.0. The maximum Gasteiger partial charge on any atom is 0.230 e. The molecule has 1 aliphatic carbocycles. The minimum absolute atomic E-state index is 0.0366. The van der Waals surface area contributed by atoms with Gasteiger partial charge in [-0.25, -0.2) is 0 Å². The highest BCUT2D eigenvalue weighted by atomic mass is 16.5. The summed E-state index contributed by atoms with van der Waals surface area (Å²) >= 11 is 0. The summed E-state index contributed by atoms with van der Waals surface area (Å²) in [6, 6.07) is 6.68. The van der Waals surface area contributed by atoms with Crippen LogP contribution in [0, 0.1) is 0 Å². The van der Waals surface area contributed by atoms with Crippen LogP contribution >= 0.6 is 0 Å². The lowest BCUT2D eigenvalue weighted by molar-refractivity contribution is -0.119. The Morgan fingerprint density at radius 1 is 1.26 bits per heavy atom. The van der Waals surface area contributed by atoms with Crippen molar-refractivity contribution in [2.45, 2.75) is 64.5 Å². The molecule has 4 rings (SSSR count). The van der Waals surface area contributed by atoms with Crippen LogP contribution in [0.4, 0.5) is 0 Å². The van der Waals surface area contributed by atoms with E-state index < -0.39 is 0 Å². The Labute approximate surface area is 158 Å². The zero-order valence-corrected chi connectivity index (χ0v) is 16.0. The second kappa shape index (κ2) is 7.13. The van der Waals surface area contributed by atoms with Crippen LogP contribution in [-0.4, -0.2) is 31.9 Å². The second-order valence-electron chi connectivity index (χ2n) is 7.66. The van der Waals surface area contributed by atoms with Crippen molar-refractivity contribution in [1.29, 1.82) is 0 Å². The second-order valence-corrected chi connectivity index (χ2v) is 7.66. The molecular weight excluding hydrogens is 342 g/mol. The molecule has 1 amide bonds. The Morgan fingerprint density at radius 3 is 2.74 bits per heavy atom. The normalized spacial score (nSPS) is 20.3. The SMILES string of the molecule is CC(=O)N[C@H]1CC[C@H](c2nc(-c3ccc4cnn(C(C)C)c4c3)no2)CC1. The molecule has 1 fully saturated rings. The Bertz CT molecular complexity index is 950. The summed E-state index contributed by atoms with van der Waals surface area (Å²) in [6.45, 7) is 5.80. The molecule has 0 bridgehead atoms. The quantitative estimate of drug-likeness (QED) is 0.757. The highest BCUT2D eigenvalue weighted by Crippen LogP contribution is 2.33. The summed E-state index contributed by atoms with van der Waals surface area (Å²) in [6.07, 6.45) is 5.68. The third kappa shape index (κ3) is 3.59. The first-order valence-electron chi connectivity index (χ1n) is 9.59. The molecule has 142 valence electrons. The number of hydrogen-bond donors (Lipinski definition) is 1. The summed E-state index contributed by atoms with van der Waals surface area (Å²) < 4.78 is 7.58. The van der Waals surface area contributed by atoms with Crippen molar-refractivity contribution >= 4 is 16.8 Å². The molecule has 0 spiro atoms. The summed E-state index contributed by atoms with van der Waals surface area (Å²) in [5.41, 5.74) is 2.01. The summed E-state index contributed by atoms with van der Waals surface area (Å²) in [7, 11) is 0. The maximum atomic E-state index is 11.2. The van der Waals surface area contributed by atoms with E-state index in [1.54, 1.807) is 6.92 Å². The van der Waals surface area contributed by atoms with E-state index in [0.29, 0.717) is 11.7 Å². The highest BCUT2D eigenvalue weighted by molar-refractivity contribution is 5.83. The van der Waals surface area contributed by atoms with Gasteiger partial charge in [0.1, 0.15) is 0 Å².